The maximum Gasteiger partial charge on any atom is 0.00867 e. The minimum atomic E-state index is 0.713. The molecule has 1 atom stereocenters. The first-order chi connectivity index (χ1) is 5.36. The molecule has 11 heavy (non-hydrogen) atoms. The molecule has 0 aromatic carbocycles. The summed E-state index contributed by atoms with van der Waals surface area (Å²) >= 11 is 0. The molecule has 0 amide bonds. The Morgan fingerprint density at radius 1 is 1.36 bits per heavy atom. The maximum atomic E-state index is 5.73. The summed E-state index contributed by atoms with van der Waals surface area (Å²) in [6.07, 6.45) is 12.2. The third-order valence-corrected chi connectivity index (χ3v) is 2.44. The van der Waals surface area contributed by atoms with Gasteiger partial charge in [0.05, 0.1) is 0 Å². The Labute approximate surface area is 67.3 Å². The van der Waals surface area contributed by atoms with Gasteiger partial charge < -0.3 is 5.73 Å². The van der Waals surface area contributed by atoms with E-state index in [9.17, 15) is 0 Å². The lowest BCUT2D eigenvalue weighted by Gasteiger charge is -2.23. The van der Waals surface area contributed by atoms with E-state index in [1.165, 1.54) is 18.4 Å². The molecule has 58 valence electrons. The molecule has 2 aliphatic carbocycles. The fourth-order valence-electron chi connectivity index (χ4n) is 1.79. The van der Waals surface area contributed by atoms with E-state index in [-0.39, 0.29) is 0 Å². The molecule has 0 heterocycles. The number of hydrogen-bond acceptors (Lipinski definition) is 1. The van der Waals surface area contributed by atoms with E-state index in [2.05, 4.69) is 18.2 Å². The van der Waals surface area contributed by atoms with Crippen molar-refractivity contribution in [2.45, 2.75) is 19.3 Å². The van der Waals surface area contributed by atoms with E-state index >= 15 is 0 Å². The quantitative estimate of drug-likeness (QED) is 0.558. The number of nitrogens with two attached hydrogens (primary N) is 1. The van der Waals surface area contributed by atoms with Crippen LogP contribution in [-0.4, -0.2) is 0 Å². The van der Waals surface area contributed by atoms with E-state index in [1.807, 2.05) is 6.08 Å². The van der Waals surface area contributed by atoms with Gasteiger partial charge in [-0.2, -0.15) is 0 Å². The highest BCUT2D eigenvalue weighted by atomic mass is 14.6. The lowest BCUT2D eigenvalue weighted by molar-refractivity contribution is 0.549. The van der Waals surface area contributed by atoms with Gasteiger partial charge in [0.1, 0.15) is 0 Å². The second kappa shape index (κ2) is 2.57. The Bertz CT molecular complexity index is 246. The molecule has 0 aliphatic heterocycles. The number of allylic oxidation sites excluding steroid dienone is 6. The maximum absolute atomic E-state index is 5.73. The van der Waals surface area contributed by atoms with Crippen LogP contribution in [0.1, 0.15) is 19.3 Å². The third-order valence-electron chi connectivity index (χ3n) is 2.44. The van der Waals surface area contributed by atoms with Crippen LogP contribution in [0.5, 0.6) is 0 Å². The average Bonchev–Trinajstić information content (AvgIpc) is 2.04. The molecule has 2 N–H and O–H groups in total. The standard InChI is InChI=1S/C10H13N/c11-10-6-5-8-3-1-2-4-9(8)7-10/h1,3,5-6,9H,2,4,7,11H2. The molecule has 0 spiro atoms. The van der Waals surface area contributed by atoms with Crippen molar-refractivity contribution in [1.82, 2.24) is 0 Å². The highest BCUT2D eigenvalue weighted by molar-refractivity contribution is 5.34. The van der Waals surface area contributed by atoms with E-state index in [4.69, 9.17) is 5.73 Å². The number of fused-ring (bicyclic) bond motifs is 1. The summed E-state index contributed by atoms with van der Waals surface area (Å²) < 4.78 is 0. The second-order valence-corrected chi connectivity index (χ2v) is 3.29. The van der Waals surface area contributed by atoms with E-state index in [1.54, 1.807) is 0 Å². The Balaban J connectivity index is 2.27. The number of rotatable bonds is 0. The van der Waals surface area contributed by atoms with Gasteiger partial charge in [-0.15, -0.1) is 0 Å². The lowest BCUT2D eigenvalue weighted by atomic mass is 9.83. The molecule has 0 bridgehead atoms. The zero-order valence-electron chi connectivity index (χ0n) is 6.59. The molecule has 2 aliphatic rings. The van der Waals surface area contributed by atoms with Gasteiger partial charge in [0, 0.05) is 5.70 Å². The van der Waals surface area contributed by atoms with Crippen LogP contribution >= 0.6 is 0 Å². The molecule has 0 fully saturated rings. The fraction of sp³-hybridized carbons (Fsp3) is 0.400. The zero-order valence-corrected chi connectivity index (χ0v) is 6.59. The Morgan fingerprint density at radius 2 is 2.27 bits per heavy atom. The van der Waals surface area contributed by atoms with Crippen molar-refractivity contribution in [2.75, 3.05) is 0 Å². The lowest BCUT2D eigenvalue weighted by Crippen LogP contribution is -2.14. The normalized spacial score (nSPS) is 28.9. The molecule has 1 heteroatoms. The monoisotopic (exact) mass is 147 g/mol. The topological polar surface area (TPSA) is 26.0 Å². The van der Waals surface area contributed by atoms with Crippen LogP contribution in [0.3, 0.4) is 0 Å². The summed E-state index contributed by atoms with van der Waals surface area (Å²) in [5, 5.41) is 0. The second-order valence-electron chi connectivity index (χ2n) is 3.29. The van der Waals surface area contributed by atoms with Crippen LogP contribution in [0.2, 0.25) is 0 Å². The minimum Gasteiger partial charge on any atom is -0.402 e. The van der Waals surface area contributed by atoms with Crippen molar-refractivity contribution < 1.29 is 0 Å². The predicted molar refractivity (Wildman–Crippen MR) is 46.8 cm³/mol. The molecule has 1 nitrogen and oxygen atoms in total. The Hall–Kier alpha value is -0.980. The summed E-state index contributed by atoms with van der Waals surface area (Å²) in [5.74, 6) is 0.713. The summed E-state index contributed by atoms with van der Waals surface area (Å²) in [5.41, 5.74) is 8.23. The van der Waals surface area contributed by atoms with Crippen molar-refractivity contribution in [3.05, 3.63) is 35.6 Å². The van der Waals surface area contributed by atoms with E-state index < -0.39 is 0 Å². The first-order valence-corrected chi connectivity index (χ1v) is 4.19. The van der Waals surface area contributed by atoms with Crippen molar-refractivity contribution in [1.29, 1.82) is 0 Å². The summed E-state index contributed by atoms with van der Waals surface area (Å²) in [4.78, 5) is 0. The Morgan fingerprint density at radius 3 is 3.18 bits per heavy atom. The van der Waals surface area contributed by atoms with E-state index in [0.29, 0.717) is 5.92 Å². The molecule has 2 rings (SSSR count). The van der Waals surface area contributed by atoms with Gasteiger partial charge >= 0.3 is 0 Å². The molecular formula is C10H13N. The first-order valence-electron chi connectivity index (χ1n) is 4.19. The third kappa shape index (κ3) is 1.23. The first kappa shape index (κ1) is 6.71. The predicted octanol–water partition coefficient (Wildman–Crippen LogP) is 2.13. The molecular weight excluding hydrogens is 134 g/mol. The SMILES string of the molecule is NC1=CC=C2C=CCCC2C1. The van der Waals surface area contributed by atoms with Crippen LogP contribution in [0.4, 0.5) is 0 Å². The van der Waals surface area contributed by atoms with Crippen LogP contribution in [0.15, 0.2) is 35.6 Å². The van der Waals surface area contributed by atoms with Crippen LogP contribution < -0.4 is 5.73 Å². The number of hydrogen-bond donors (Lipinski definition) is 1. The van der Waals surface area contributed by atoms with Crippen molar-refractivity contribution in [3.63, 3.8) is 0 Å². The smallest absolute Gasteiger partial charge is 0.00867 e. The molecule has 0 saturated heterocycles. The molecule has 0 aromatic heterocycles. The highest BCUT2D eigenvalue weighted by Gasteiger charge is 2.17. The molecule has 0 radical (unpaired) electrons. The molecule has 0 saturated carbocycles. The molecule has 1 unspecified atom stereocenters. The van der Waals surface area contributed by atoms with Gasteiger partial charge in [-0.25, -0.2) is 0 Å². The van der Waals surface area contributed by atoms with Crippen molar-refractivity contribution >= 4 is 0 Å². The zero-order chi connectivity index (χ0) is 7.68. The Kier molecular flexibility index (Phi) is 1.57. The van der Waals surface area contributed by atoms with Crippen molar-refractivity contribution in [3.8, 4) is 0 Å². The molecule has 0 aromatic rings. The fourth-order valence-corrected chi connectivity index (χ4v) is 1.79. The minimum absolute atomic E-state index is 0.713. The highest BCUT2D eigenvalue weighted by Crippen LogP contribution is 2.31. The van der Waals surface area contributed by atoms with Gasteiger partial charge in [0.25, 0.3) is 0 Å². The van der Waals surface area contributed by atoms with Crippen LogP contribution in [0, 0.1) is 5.92 Å². The van der Waals surface area contributed by atoms with Gasteiger partial charge in [0.2, 0.25) is 0 Å². The van der Waals surface area contributed by atoms with Gasteiger partial charge in [0.15, 0.2) is 0 Å². The van der Waals surface area contributed by atoms with Gasteiger partial charge in [-0.3, -0.25) is 0 Å². The summed E-state index contributed by atoms with van der Waals surface area (Å²) in [6.45, 7) is 0. The van der Waals surface area contributed by atoms with Crippen LogP contribution in [0.25, 0.3) is 0 Å². The van der Waals surface area contributed by atoms with Crippen LogP contribution in [-0.2, 0) is 0 Å². The van der Waals surface area contributed by atoms with Gasteiger partial charge in [-0.1, -0.05) is 18.2 Å². The summed E-state index contributed by atoms with van der Waals surface area (Å²) in [6, 6.07) is 0. The van der Waals surface area contributed by atoms with Gasteiger partial charge in [-0.05, 0) is 36.8 Å². The summed E-state index contributed by atoms with van der Waals surface area (Å²) in [7, 11) is 0. The largest absolute Gasteiger partial charge is 0.402 e. The van der Waals surface area contributed by atoms with E-state index in [0.717, 1.165) is 12.1 Å². The average molecular weight is 147 g/mol. The van der Waals surface area contributed by atoms with Crippen molar-refractivity contribution in [2.24, 2.45) is 11.7 Å².